The van der Waals surface area contributed by atoms with Crippen molar-refractivity contribution in [3.8, 4) is 17.2 Å². The predicted octanol–water partition coefficient (Wildman–Crippen LogP) is 2.91. The summed E-state index contributed by atoms with van der Waals surface area (Å²) in [6, 6.07) is 12.8. The summed E-state index contributed by atoms with van der Waals surface area (Å²) in [5.41, 5.74) is 2.97. The van der Waals surface area contributed by atoms with E-state index in [9.17, 15) is 4.79 Å². The zero-order valence-electron chi connectivity index (χ0n) is 18.4. The monoisotopic (exact) mass is 435 g/mol. The van der Waals surface area contributed by atoms with Crippen molar-refractivity contribution < 1.29 is 19.0 Å². The highest BCUT2D eigenvalue weighted by Gasteiger charge is 2.34. The number of carbonyl (C=O) groups is 1. The van der Waals surface area contributed by atoms with Crippen molar-refractivity contribution in [2.45, 2.75) is 19.5 Å². The molecule has 1 amide bonds. The van der Waals surface area contributed by atoms with Crippen LogP contribution in [0.4, 0.5) is 5.95 Å². The predicted molar refractivity (Wildman–Crippen MR) is 119 cm³/mol. The van der Waals surface area contributed by atoms with Crippen LogP contribution in [-0.4, -0.2) is 42.0 Å². The van der Waals surface area contributed by atoms with Gasteiger partial charge in [-0.3, -0.25) is 4.79 Å². The molecule has 2 N–H and O–H groups in total. The van der Waals surface area contributed by atoms with Crippen LogP contribution in [0.5, 0.6) is 17.2 Å². The number of fused-ring (bicyclic) bond motifs is 1. The number of nitrogens with zero attached hydrogens (tertiary/aromatic N) is 3. The number of aromatic nitrogens is 3. The van der Waals surface area contributed by atoms with Gasteiger partial charge in [-0.2, -0.15) is 10.1 Å². The lowest BCUT2D eigenvalue weighted by Gasteiger charge is -2.29. The molecule has 0 aliphatic carbocycles. The molecule has 1 unspecified atom stereocenters. The van der Waals surface area contributed by atoms with E-state index < -0.39 is 6.04 Å². The fraction of sp³-hybridized carbons (Fsp3) is 0.261. The van der Waals surface area contributed by atoms with Gasteiger partial charge in [0.05, 0.1) is 26.9 Å². The number of amides is 1. The second kappa shape index (κ2) is 9.01. The van der Waals surface area contributed by atoms with E-state index in [0.717, 1.165) is 11.1 Å². The van der Waals surface area contributed by atoms with E-state index in [0.29, 0.717) is 41.0 Å². The molecule has 0 saturated carbocycles. The van der Waals surface area contributed by atoms with Crippen LogP contribution in [0, 0.1) is 0 Å². The third-order valence-corrected chi connectivity index (χ3v) is 5.34. The molecule has 0 bridgehead atoms. The Balaban J connectivity index is 1.77. The van der Waals surface area contributed by atoms with E-state index in [1.54, 1.807) is 26.0 Å². The van der Waals surface area contributed by atoms with Crippen LogP contribution in [-0.2, 0) is 11.3 Å². The van der Waals surface area contributed by atoms with Crippen LogP contribution in [0.2, 0.25) is 0 Å². The minimum absolute atomic E-state index is 0.209. The average molecular weight is 435 g/mol. The van der Waals surface area contributed by atoms with Gasteiger partial charge in [0.2, 0.25) is 11.7 Å². The van der Waals surface area contributed by atoms with Gasteiger partial charge < -0.3 is 24.8 Å². The van der Waals surface area contributed by atoms with Crippen LogP contribution < -0.4 is 24.8 Å². The quantitative estimate of drug-likeness (QED) is 0.589. The summed E-state index contributed by atoms with van der Waals surface area (Å²) >= 11 is 0. The van der Waals surface area contributed by atoms with Gasteiger partial charge in [-0.1, -0.05) is 30.3 Å². The summed E-state index contributed by atoms with van der Waals surface area (Å²) < 4.78 is 18.2. The highest BCUT2D eigenvalue weighted by atomic mass is 16.5. The molecule has 0 fully saturated rings. The zero-order chi connectivity index (χ0) is 22.7. The van der Waals surface area contributed by atoms with Gasteiger partial charge in [0.25, 0.3) is 5.91 Å². The van der Waals surface area contributed by atoms with Gasteiger partial charge in [-0.25, -0.2) is 4.68 Å². The molecule has 1 aliphatic rings. The number of allylic oxidation sites excluding steroid dienone is 1. The lowest BCUT2D eigenvalue weighted by molar-refractivity contribution is -0.118. The minimum atomic E-state index is -0.543. The second-order valence-electron chi connectivity index (χ2n) is 7.22. The SMILES string of the molecule is COc1cc(C2C(C(=O)NCc3ccccc3)=C(C)Nc3ncnn32)cc(OC)c1OC. The molecule has 0 saturated heterocycles. The third-order valence-electron chi connectivity index (χ3n) is 5.34. The van der Waals surface area contributed by atoms with Crippen molar-refractivity contribution in [2.75, 3.05) is 26.6 Å². The highest BCUT2D eigenvalue weighted by molar-refractivity contribution is 5.96. The smallest absolute Gasteiger partial charge is 0.251 e. The topological polar surface area (TPSA) is 99.5 Å². The van der Waals surface area contributed by atoms with E-state index in [1.807, 2.05) is 49.4 Å². The molecule has 32 heavy (non-hydrogen) atoms. The van der Waals surface area contributed by atoms with Gasteiger partial charge in [0.1, 0.15) is 12.4 Å². The second-order valence-corrected chi connectivity index (χ2v) is 7.22. The maximum atomic E-state index is 13.4. The lowest BCUT2D eigenvalue weighted by atomic mass is 9.94. The van der Waals surface area contributed by atoms with E-state index in [2.05, 4.69) is 20.7 Å². The molecule has 2 aromatic carbocycles. The number of benzene rings is 2. The lowest BCUT2D eigenvalue weighted by Crippen LogP contribution is -2.35. The fourth-order valence-electron chi connectivity index (χ4n) is 3.83. The number of rotatable bonds is 7. The Hall–Kier alpha value is -4.01. The van der Waals surface area contributed by atoms with Gasteiger partial charge in [0, 0.05) is 12.2 Å². The number of hydrogen-bond acceptors (Lipinski definition) is 7. The Morgan fingerprint density at radius 2 is 1.78 bits per heavy atom. The zero-order valence-corrected chi connectivity index (χ0v) is 18.4. The Morgan fingerprint density at radius 3 is 2.41 bits per heavy atom. The summed E-state index contributed by atoms with van der Waals surface area (Å²) in [5.74, 6) is 1.79. The third kappa shape index (κ3) is 3.84. The van der Waals surface area contributed by atoms with Crippen molar-refractivity contribution in [2.24, 2.45) is 0 Å². The molecule has 2 heterocycles. The van der Waals surface area contributed by atoms with Crippen LogP contribution in [0.15, 0.2) is 60.1 Å². The maximum absolute atomic E-state index is 13.4. The standard InChI is InChI=1S/C23H25N5O4/c1-14-19(22(29)24-12-15-8-6-5-7-9-15)20(28-23(27-14)25-13-26-28)16-10-17(30-2)21(32-4)18(11-16)31-3/h5-11,13,20H,12H2,1-4H3,(H,24,29)(H,25,26,27). The van der Waals surface area contributed by atoms with Crippen molar-refractivity contribution in [3.63, 3.8) is 0 Å². The maximum Gasteiger partial charge on any atom is 0.251 e. The Bertz CT molecular complexity index is 1130. The van der Waals surface area contributed by atoms with E-state index >= 15 is 0 Å². The molecule has 9 nitrogen and oxygen atoms in total. The number of hydrogen-bond donors (Lipinski definition) is 2. The summed E-state index contributed by atoms with van der Waals surface area (Å²) in [7, 11) is 4.66. The molecule has 0 radical (unpaired) electrons. The average Bonchev–Trinajstić information content (AvgIpc) is 3.29. The molecule has 9 heteroatoms. The van der Waals surface area contributed by atoms with E-state index in [1.165, 1.54) is 6.33 Å². The fourth-order valence-corrected chi connectivity index (χ4v) is 3.83. The largest absolute Gasteiger partial charge is 0.493 e. The Labute approximate surface area is 186 Å². The Morgan fingerprint density at radius 1 is 1.09 bits per heavy atom. The molecular formula is C23H25N5O4. The summed E-state index contributed by atoms with van der Waals surface area (Å²) in [5, 5.41) is 10.6. The number of carbonyl (C=O) groups excluding carboxylic acids is 1. The number of anilines is 1. The first-order valence-corrected chi connectivity index (χ1v) is 10.1. The highest BCUT2D eigenvalue weighted by Crippen LogP contribution is 2.43. The van der Waals surface area contributed by atoms with Gasteiger partial charge >= 0.3 is 0 Å². The Kier molecular flexibility index (Phi) is 5.98. The number of methoxy groups -OCH3 is 3. The van der Waals surface area contributed by atoms with Crippen LogP contribution in [0.1, 0.15) is 24.1 Å². The summed E-state index contributed by atoms with van der Waals surface area (Å²) in [4.78, 5) is 17.6. The normalized spacial score (nSPS) is 14.9. The molecular weight excluding hydrogens is 410 g/mol. The summed E-state index contributed by atoms with van der Waals surface area (Å²) in [6.07, 6.45) is 1.45. The molecule has 3 aromatic rings. The molecule has 4 rings (SSSR count). The van der Waals surface area contributed by atoms with Gasteiger partial charge in [-0.05, 0) is 30.2 Å². The van der Waals surface area contributed by atoms with Crippen LogP contribution in [0.25, 0.3) is 0 Å². The first-order chi connectivity index (χ1) is 15.6. The molecule has 0 spiro atoms. The van der Waals surface area contributed by atoms with Crippen LogP contribution in [0.3, 0.4) is 0 Å². The minimum Gasteiger partial charge on any atom is -0.493 e. The van der Waals surface area contributed by atoms with E-state index in [-0.39, 0.29) is 5.91 Å². The van der Waals surface area contributed by atoms with Crippen LogP contribution >= 0.6 is 0 Å². The van der Waals surface area contributed by atoms with Crippen molar-refractivity contribution in [1.29, 1.82) is 0 Å². The first kappa shape index (κ1) is 21.2. The van der Waals surface area contributed by atoms with Crippen molar-refractivity contribution in [3.05, 3.63) is 71.2 Å². The molecule has 166 valence electrons. The van der Waals surface area contributed by atoms with Crippen molar-refractivity contribution in [1.82, 2.24) is 20.1 Å². The van der Waals surface area contributed by atoms with Crippen molar-refractivity contribution >= 4 is 11.9 Å². The van der Waals surface area contributed by atoms with Gasteiger partial charge in [-0.15, -0.1) is 0 Å². The first-order valence-electron chi connectivity index (χ1n) is 10.1. The molecule has 1 aromatic heterocycles. The van der Waals surface area contributed by atoms with Gasteiger partial charge in [0.15, 0.2) is 11.5 Å². The summed E-state index contributed by atoms with van der Waals surface area (Å²) in [6.45, 7) is 2.25. The molecule has 1 atom stereocenters. The number of nitrogens with one attached hydrogen (secondary N) is 2. The van der Waals surface area contributed by atoms with E-state index in [4.69, 9.17) is 14.2 Å². The number of ether oxygens (including phenoxy) is 3. The molecule has 1 aliphatic heterocycles.